The van der Waals surface area contributed by atoms with Gasteiger partial charge in [0.15, 0.2) is 17.7 Å². The first-order valence-electron chi connectivity index (χ1n) is 21.5. The number of aliphatic hydroxyl groups is 1. The molecule has 2 aromatic rings. The molecule has 338 valence electrons. The fourth-order valence-corrected chi connectivity index (χ4v) is 9.76. The van der Waals surface area contributed by atoms with Gasteiger partial charge in [0.2, 0.25) is 0 Å². The molecule has 0 spiro atoms. The molecule has 3 saturated heterocycles. The van der Waals surface area contributed by atoms with Crippen LogP contribution >= 0.6 is 11.6 Å². The molecule has 13 atom stereocenters. The molecule has 0 saturated carbocycles. The average molecular weight is 873 g/mol. The SMILES string of the molecule is C=C[C@]12OC(=O)N(CCCCn3cc(-c4ccc(Cl)nc4)nc3C)[C@@H]1[C@@H](C)C(=O)[C@H](C)C[C@@](C)(OC)[C@H](O[C@@H]1O[C@H](C)C[C@H](N(C)C)[C@H]1O)[C@@H](C)C(=O)[C@@H](C)C(=O)O[C@@H]2CC. The van der Waals surface area contributed by atoms with Crippen LogP contribution in [-0.4, -0.2) is 135 Å². The number of amides is 1. The number of cyclic esters (lactones) is 1. The summed E-state index contributed by atoms with van der Waals surface area (Å²) < 4.78 is 33.4. The first-order chi connectivity index (χ1) is 28.7. The molecule has 0 aromatic carbocycles. The van der Waals surface area contributed by atoms with Crippen LogP contribution in [0.5, 0.6) is 0 Å². The molecule has 1 amide bonds. The second-order valence-electron chi connectivity index (χ2n) is 17.7. The van der Waals surface area contributed by atoms with Crippen LogP contribution in [0, 0.1) is 30.6 Å². The summed E-state index contributed by atoms with van der Waals surface area (Å²) in [5, 5.41) is 11.9. The topological polar surface area (TPSA) is 172 Å². The molecule has 16 heteroatoms. The Kier molecular flexibility index (Phi) is 15.6. The summed E-state index contributed by atoms with van der Waals surface area (Å²) in [6.07, 6.45) is 1.89. The van der Waals surface area contributed by atoms with Gasteiger partial charge >= 0.3 is 12.1 Å². The lowest BCUT2D eigenvalue weighted by atomic mass is 9.72. The summed E-state index contributed by atoms with van der Waals surface area (Å²) in [7, 11) is 5.22. The number of halogens is 1. The monoisotopic (exact) mass is 871 g/mol. The van der Waals surface area contributed by atoms with E-state index in [1.165, 1.54) is 20.1 Å². The second kappa shape index (κ2) is 19.8. The lowest BCUT2D eigenvalue weighted by molar-refractivity contribution is -0.295. The Balaban J connectivity index is 1.46. The van der Waals surface area contributed by atoms with Crippen LogP contribution in [0.15, 0.2) is 37.2 Å². The Morgan fingerprint density at radius 1 is 1.07 bits per heavy atom. The number of imidazole rings is 1. The van der Waals surface area contributed by atoms with E-state index in [-0.39, 0.29) is 37.3 Å². The number of fused-ring (bicyclic) bond motifs is 1. The minimum atomic E-state index is -1.61. The summed E-state index contributed by atoms with van der Waals surface area (Å²) in [6, 6.07) is 2.38. The van der Waals surface area contributed by atoms with Gasteiger partial charge in [-0.3, -0.25) is 19.3 Å². The number of carbonyl (C=O) groups is 4. The highest BCUT2D eigenvalue weighted by Crippen LogP contribution is 2.44. The van der Waals surface area contributed by atoms with Gasteiger partial charge in [-0.2, -0.15) is 0 Å². The molecule has 3 fully saturated rings. The predicted octanol–water partition coefficient (Wildman–Crippen LogP) is 6.06. The molecule has 5 rings (SSSR count). The van der Waals surface area contributed by atoms with Gasteiger partial charge in [-0.1, -0.05) is 45.9 Å². The van der Waals surface area contributed by atoms with Crippen LogP contribution < -0.4 is 0 Å². The van der Waals surface area contributed by atoms with Gasteiger partial charge in [0.25, 0.3) is 0 Å². The molecular formula is C45H66ClN5O10. The first kappa shape index (κ1) is 48.3. The number of aromatic nitrogens is 3. The molecule has 0 aliphatic carbocycles. The van der Waals surface area contributed by atoms with E-state index >= 15 is 0 Å². The smallest absolute Gasteiger partial charge is 0.411 e. The summed E-state index contributed by atoms with van der Waals surface area (Å²) in [5.41, 5.74) is -1.30. The number of likely N-dealkylation sites (N-methyl/N-ethyl adjacent to an activating group) is 1. The number of hydrogen-bond acceptors (Lipinski definition) is 13. The minimum absolute atomic E-state index is 0.0986. The van der Waals surface area contributed by atoms with Crippen LogP contribution in [0.4, 0.5) is 4.79 Å². The van der Waals surface area contributed by atoms with Crippen LogP contribution in [0.3, 0.4) is 0 Å². The number of hydrogen-bond donors (Lipinski definition) is 1. The van der Waals surface area contributed by atoms with E-state index < -0.39 is 83.4 Å². The number of pyridine rings is 1. The van der Waals surface area contributed by atoms with Crippen LogP contribution in [0.2, 0.25) is 5.15 Å². The Morgan fingerprint density at radius 3 is 2.36 bits per heavy atom. The largest absolute Gasteiger partial charge is 0.457 e. The molecule has 5 heterocycles. The number of nitrogens with zero attached hydrogens (tertiary/aromatic N) is 5. The van der Waals surface area contributed by atoms with Crippen molar-refractivity contribution in [3.8, 4) is 11.3 Å². The number of carbonyl (C=O) groups excluding carboxylic acids is 4. The molecule has 15 nitrogen and oxygen atoms in total. The van der Waals surface area contributed by atoms with E-state index in [4.69, 9.17) is 40.3 Å². The highest BCUT2D eigenvalue weighted by molar-refractivity contribution is 6.29. The van der Waals surface area contributed by atoms with Crippen molar-refractivity contribution in [3.05, 3.63) is 48.2 Å². The number of rotatable bonds is 12. The van der Waals surface area contributed by atoms with E-state index in [1.807, 2.05) is 49.7 Å². The average Bonchev–Trinajstić information content (AvgIpc) is 3.75. The Labute approximate surface area is 365 Å². The Bertz CT molecular complexity index is 1890. The molecule has 0 unspecified atom stereocenters. The Hall–Kier alpha value is -3.73. The fraction of sp³-hybridized carbons (Fsp3) is 0.689. The third-order valence-electron chi connectivity index (χ3n) is 13.2. The van der Waals surface area contributed by atoms with Crippen molar-refractivity contribution in [3.63, 3.8) is 0 Å². The summed E-state index contributed by atoms with van der Waals surface area (Å²) >= 11 is 5.98. The first-order valence-corrected chi connectivity index (χ1v) is 21.9. The minimum Gasteiger partial charge on any atom is -0.457 e. The molecule has 3 aliphatic heterocycles. The third-order valence-corrected chi connectivity index (χ3v) is 13.4. The molecule has 3 aliphatic rings. The lowest BCUT2D eigenvalue weighted by Gasteiger charge is -2.47. The molecule has 2 aromatic heterocycles. The van der Waals surface area contributed by atoms with E-state index in [1.54, 1.807) is 51.8 Å². The number of unbranched alkanes of at least 4 members (excludes halogenated alkanes) is 1. The summed E-state index contributed by atoms with van der Waals surface area (Å²) in [6.45, 7) is 19.0. The maximum Gasteiger partial charge on any atom is 0.411 e. The van der Waals surface area contributed by atoms with Gasteiger partial charge in [-0.15, -0.1) is 0 Å². The quantitative estimate of drug-likeness (QED) is 0.0860. The fourth-order valence-electron chi connectivity index (χ4n) is 9.65. The van der Waals surface area contributed by atoms with Crippen LogP contribution in [0.1, 0.15) is 86.4 Å². The van der Waals surface area contributed by atoms with Crippen molar-refractivity contribution in [1.29, 1.82) is 0 Å². The predicted molar refractivity (Wildman–Crippen MR) is 229 cm³/mol. The van der Waals surface area contributed by atoms with E-state index in [0.717, 1.165) is 17.1 Å². The third kappa shape index (κ3) is 9.92. The highest BCUT2D eigenvalue weighted by Gasteiger charge is 2.61. The van der Waals surface area contributed by atoms with Gasteiger partial charge in [0.1, 0.15) is 34.9 Å². The molecule has 0 radical (unpaired) electrons. The number of aryl methyl sites for hydroxylation is 2. The van der Waals surface area contributed by atoms with Crippen LogP contribution in [-0.2, 0) is 44.6 Å². The van der Waals surface area contributed by atoms with Gasteiger partial charge in [0.05, 0.1) is 29.5 Å². The van der Waals surface area contributed by atoms with E-state index in [0.29, 0.717) is 31.0 Å². The van der Waals surface area contributed by atoms with Crippen molar-refractivity contribution >= 4 is 35.2 Å². The van der Waals surface area contributed by atoms with E-state index in [9.17, 15) is 24.3 Å². The molecule has 1 N–H and O–H groups in total. The van der Waals surface area contributed by atoms with Gasteiger partial charge < -0.3 is 38.3 Å². The van der Waals surface area contributed by atoms with Crippen molar-refractivity contribution in [1.82, 2.24) is 24.3 Å². The molecule has 61 heavy (non-hydrogen) atoms. The standard InChI is InChI=1S/C45H66ClN5O10/c1-13-34-45(14-2)39(51(43(56)61-45)20-16-15-19-50-24-32(48-30(50)8)31-17-18-35(46)47-23-31)27(5)36(52)25(3)22-44(9,57-12)40(28(6)37(53)29(7)41(55)59-34)60-42-38(54)33(49(10)11)21-26(4)58-42/h14,17-18,23-29,33-34,38-40,42,54H,2,13,15-16,19-22H2,1,3-12H3/t25-,26-,27+,28+,29-,33+,34-,38-,39-,40-,42+,44-,45-/m1/s1. The van der Waals surface area contributed by atoms with Crippen molar-refractivity contribution in [2.45, 2.75) is 148 Å². The maximum absolute atomic E-state index is 14.8. The number of aliphatic hydroxyl groups excluding tert-OH is 1. The number of Topliss-reactive ketones (excluding diaryl/α,β-unsaturated/α-hetero) is 2. The van der Waals surface area contributed by atoms with E-state index in [2.05, 4.69) is 11.6 Å². The normalized spacial score (nSPS) is 35.4. The van der Waals surface area contributed by atoms with Gasteiger partial charge in [-0.25, -0.2) is 14.8 Å². The van der Waals surface area contributed by atoms with Gasteiger partial charge in [0, 0.05) is 62.0 Å². The molecule has 0 bridgehead atoms. The van der Waals surface area contributed by atoms with Crippen molar-refractivity contribution in [2.75, 3.05) is 27.7 Å². The summed E-state index contributed by atoms with van der Waals surface area (Å²) in [4.78, 5) is 69.7. The number of ether oxygens (including phenoxy) is 5. The zero-order valence-corrected chi connectivity index (χ0v) is 38.4. The highest BCUT2D eigenvalue weighted by atomic mass is 35.5. The maximum atomic E-state index is 14.8. The van der Waals surface area contributed by atoms with Crippen molar-refractivity contribution in [2.24, 2.45) is 23.7 Å². The Morgan fingerprint density at radius 2 is 1.75 bits per heavy atom. The zero-order chi connectivity index (χ0) is 45.1. The van der Waals surface area contributed by atoms with Gasteiger partial charge in [-0.05, 0) is 92.1 Å². The second-order valence-corrected chi connectivity index (χ2v) is 18.1. The van der Waals surface area contributed by atoms with Crippen LogP contribution in [0.25, 0.3) is 11.3 Å². The lowest BCUT2D eigenvalue weighted by Crippen LogP contribution is -2.60. The zero-order valence-electron chi connectivity index (χ0n) is 37.6. The number of methoxy groups -OCH3 is 1. The summed E-state index contributed by atoms with van der Waals surface area (Å²) in [5.74, 6) is -4.44. The number of ketones is 2. The molecular weight excluding hydrogens is 806 g/mol. The number of esters is 1. The van der Waals surface area contributed by atoms with Crippen molar-refractivity contribution < 1.29 is 48.0 Å².